The van der Waals surface area contributed by atoms with Crippen molar-refractivity contribution in [3.05, 3.63) is 90.0 Å². The van der Waals surface area contributed by atoms with Crippen molar-refractivity contribution in [2.75, 3.05) is 18.5 Å². The molecule has 0 aliphatic heterocycles. The molecule has 3 N–H and O–H groups in total. The molecule has 0 saturated carbocycles. The first-order valence-electron chi connectivity index (χ1n) is 13.1. The van der Waals surface area contributed by atoms with E-state index in [1.54, 1.807) is 43.3 Å². The minimum atomic E-state index is -1.61. The van der Waals surface area contributed by atoms with Crippen LogP contribution >= 0.6 is 0 Å². The number of carbonyl (C=O) groups excluding carboxylic acids is 2. The molecule has 9 heteroatoms. The maximum absolute atomic E-state index is 13.1. The summed E-state index contributed by atoms with van der Waals surface area (Å²) in [5, 5.41) is 21.3. The second-order valence-corrected chi connectivity index (χ2v) is 9.25. The molecule has 0 bridgehead atoms. The summed E-state index contributed by atoms with van der Waals surface area (Å²) in [5.74, 6) is -4.52. The number of amides is 1. The molecule has 0 fully saturated rings. The van der Waals surface area contributed by atoms with Crippen molar-refractivity contribution in [3.63, 3.8) is 0 Å². The topological polar surface area (TPSA) is 139 Å². The number of nitrogens with one attached hydrogen (secondary N) is 1. The van der Waals surface area contributed by atoms with Crippen LogP contribution in [0.2, 0.25) is 0 Å². The molecule has 0 aliphatic carbocycles. The maximum Gasteiger partial charge on any atom is 0.372 e. The summed E-state index contributed by atoms with van der Waals surface area (Å²) in [4.78, 5) is 47.4. The van der Waals surface area contributed by atoms with Crippen LogP contribution in [0, 0.1) is 0 Å². The number of aliphatic carboxylic acids is 2. The highest BCUT2D eigenvalue weighted by Gasteiger charge is 2.26. The molecular weight excluding hydrogens is 514 g/mol. The first kappa shape index (κ1) is 29.9. The van der Waals surface area contributed by atoms with Gasteiger partial charge in [0.2, 0.25) is 11.7 Å². The first-order chi connectivity index (χ1) is 19.3. The number of ketones is 1. The Kier molecular flexibility index (Phi) is 11.3. The summed E-state index contributed by atoms with van der Waals surface area (Å²) >= 11 is 0. The molecule has 3 aromatic rings. The van der Waals surface area contributed by atoms with Gasteiger partial charge in [0.1, 0.15) is 11.5 Å². The van der Waals surface area contributed by atoms with Crippen LogP contribution < -0.4 is 14.8 Å². The quantitative estimate of drug-likeness (QED) is 0.163. The Hall–Kier alpha value is -4.66. The highest BCUT2D eigenvalue weighted by molar-refractivity contribution is 6.32. The van der Waals surface area contributed by atoms with Crippen LogP contribution in [0.1, 0.15) is 55.6 Å². The Labute approximate surface area is 232 Å². The average Bonchev–Trinajstić information content (AvgIpc) is 2.95. The van der Waals surface area contributed by atoms with E-state index in [1.807, 2.05) is 42.5 Å². The van der Waals surface area contributed by atoms with E-state index in [-0.39, 0.29) is 12.3 Å². The molecule has 3 aromatic carbocycles. The fraction of sp³-hybridized carbons (Fsp3) is 0.290. The van der Waals surface area contributed by atoms with Crippen molar-refractivity contribution in [1.29, 1.82) is 0 Å². The van der Waals surface area contributed by atoms with E-state index in [2.05, 4.69) is 5.32 Å². The van der Waals surface area contributed by atoms with Crippen LogP contribution in [-0.4, -0.2) is 47.1 Å². The van der Waals surface area contributed by atoms with Crippen LogP contribution in [0.15, 0.2) is 78.9 Å². The molecular formula is C31H33NO8. The predicted molar refractivity (Wildman–Crippen MR) is 149 cm³/mol. The molecule has 40 heavy (non-hydrogen) atoms. The second-order valence-electron chi connectivity index (χ2n) is 9.25. The SMILES string of the molecule is CC(C(=O)Nc1ccccc1C(CCC(=O)C(=O)O)C(=O)O)c1cccc(OCCCCOc2ccccc2)c1. The van der Waals surface area contributed by atoms with E-state index in [9.17, 15) is 24.3 Å². The van der Waals surface area contributed by atoms with Gasteiger partial charge in [-0.2, -0.15) is 0 Å². The van der Waals surface area contributed by atoms with Gasteiger partial charge in [-0.1, -0.05) is 48.5 Å². The standard InChI is InChI=1S/C31H33NO8/c1-21(22-10-9-13-24(20-22)40-19-8-7-18-39-23-11-3-2-4-12-23)29(34)32-27-15-6-5-14-25(27)26(30(35)36)16-17-28(33)31(37)38/h2-6,9-15,20-21,26H,7-8,16-19H2,1H3,(H,32,34)(H,35,36)(H,37,38). The van der Waals surface area contributed by atoms with Crippen LogP contribution in [0.4, 0.5) is 5.69 Å². The van der Waals surface area contributed by atoms with Gasteiger partial charge >= 0.3 is 11.9 Å². The van der Waals surface area contributed by atoms with Crippen molar-refractivity contribution < 1.29 is 38.9 Å². The second kappa shape index (κ2) is 15.1. The molecule has 210 valence electrons. The number of para-hydroxylation sites is 2. The molecule has 1 amide bonds. The zero-order chi connectivity index (χ0) is 28.9. The Morgan fingerprint density at radius 1 is 0.800 bits per heavy atom. The van der Waals surface area contributed by atoms with Crippen LogP contribution in [-0.2, 0) is 19.2 Å². The fourth-order valence-electron chi connectivity index (χ4n) is 4.08. The third kappa shape index (κ3) is 8.97. The lowest BCUT2D eigenvalue weighted by Crippen LogP contribution is -2.22. The molecule has 3 rings (SSSR count). The largest absolute Gasteiger partial charge is 0.494 e. The lowest BCUT2D eigenvalue weighted by Gasteiger charge is -2.19. The van der Waals surface area contributed by atoms with Gasteiger partial charge in [-0.15, -0.1) is 0 Å². The maximum atomic E-state index is 13.1. The van der Waals surface area contributed by atoms with Gasteiger partial charge in [-0.05, 0) is 67.6 Å². The van der Waals surface area contributed by atoms with Gasteiger partial charge in [0.25, 0.3) is 0 Å². The van der Waals surface area contributed by atoms with Gasteiger partial charge in [0.15, 0.2) is 0 Å². The molecule has 0 spiro atoms. The number of anilines is 1. The zero-order valence-corrected chi connectivity index (χ0v) is 22.2. The van der Waals surface area contributed by atoms with E-state index >= 15 is 0 Å². The van der Waals surface area contributed by atoms with E-state index in [0.29, 0.717) is 30.2 Å². The number of carbonyl (C=O) groups is 4. The van der Waals surface area contributed by atoms with Crippen LogP contribution in [0.25, 0.3) is 0 Å². The summed E-state index contributed by atoms with van der Waals surface area (Å²) in [5.41, 5.74) is 1.31. The first-order valence-corrected chi connectivity index (χ1v) is 13.1. The van der Waals surface area contributed by atoms with Gasteiger partial charge in [0, 0.05) is 12.1 Å². The predicted octanol–water partition coefficient (Wildman–Crippen LogP) is 5.27. The van der Waals surface area contributed by atoms with Gasteiger partial charge < -0.3 is 25.0 Å². The Morgan fingerprint density at radius 2 is 1.43 bits per heavy atom. The summed E-state index contributed by atoms with van der Waals surface area (Å²) in [6, 6.07) is 23.2. The van der Waals surface area contributed by atoms with Gasteiger partial charge in [0.05, 0.1) is 25.0 Å². The van der Waals surface area contributed by atoms with E-state index in [0.717, 1.165) is 24.2 Å². The van der Waals surface area contributed by atoms with Crippen molar-refractivity contribution in [2.45, 2.75) is 44.4 Å². The fourth-order valence-corrected chi connectivity index (χ4v) is 4.08. The lowest BCUT2D eigenvalue weighted by molar-refractivity contribution is -0.149. The number of rotatable bonds is 16. The summed E-state index contributed by atoms with van der Waals surface area (Å²) in [6.45, 7) is 2.82. The number of carboxylic acids is 2. The van der Waals surface area contributed by atoms with Crippen molar-refractivity contribution in [2.24, 2.45) is 0 Å². The van der Waals surface area contributed by atoms with Gasteiger partial charge in [-0.25, -0.2) is 4.79 Å². The number of hydrogen-bond acceptors (Lipinski definition) is 6. The number of ether oxygens (including phenoxy) is 2. The Morgan fingerprint density at radius 3 is 2.10 bits per heavy atom. The van der Waals surface area contributed by atoms with Crippen molar-refractivity contribution >= 4 is 29.3 Å². The van der Waals surface area contributed by atoms with Crippen molar-refractivity contribution in [3.8, 4) is 11.5 Å². The minimum Gasteiger partial charge on any atom is -0.494 e. The van der Waals surface area contributed by atoms with Crippen molar-refractivity contribution in [1.82, 2.24) is 0 Å². The number of unbranched alkanes of at least 4 members (excludes halogenated alkanes) is 1. The van der Waals surface area contributed by atoms with E-state index in [4.69, 9.17) is 14.6 Å². The minimum absolute atomic E-state index is 0.208. The number of benzene rings is 3. The highest BCUT2D eigenvalue weighted by atomic mass is 16.5. The number of Topliss-reactive ketones (excluding diaryl/α,β-unsaturated/α-hetero) is 1. The smallest absolute Gasteiger partial charge is 0.372 e. The lowest BCUT2D eigenvalue weighted by atomic mass is 9.91. The average molecular weight is 548 g/mol. The van der Waals surface area contributed by atoms with Gasteiger partial charge in [-0.3, -0.25) is 14.4 Å². The molecule has 9 nitrogen and oxygen atoms in total. The molecule has 0 saturated heterocycles. The number of carboxylic acid groups (broad SMARTS) is 2. The normalized spacial score (nSPS) is 12.1. The van der Waals surface area contributed by atoms with Crippen LogP contribution in [0.5, 0.6) is 11.5 Å². The van der Waals surface area contributed by atoms with E-state index in [1.165, 1.54) is 0 Å². The monoisotopic (exact) mass is 547 g/mol. The molecule has 0 aromatic heterocycles. The number of hydrogen-bond donors (Lipinski definition) is 3. The molecule has 0 heterocycles. The third-order valence-electron chi connectivity index (χ3n) is 6.36. The highest BCUT2D eigenvalue weighted by Crippen LogP contribution is 2.30. The summed E-state index contributed by atoms with van der Waals surface area (Å²) in [6.07, 6.45) is 0.986. The molecule has 0 radical (unpaired) electrons. The summed E-state index contributed by atoms with van der Waals surface area (Å²) in [7, 11) is 0. The molecule has 2 unspecified atom stereocenters. The Bertz CT molecular complexity index is 1310. The Balaban J connectivity index is 1.57. The molecule has 0 aliphatic rings. The van der Waals surface area contributed by atoms with E-state index < -0.39 is 36.0 Å². The third-order valence-corrected chi connectivity index (χ3v) is 6.36. The zero-order valence-electron chi connectivity index (χ0n) is 22.2. The van der Waals surface area contributed by atoms with Crippen LogP contribution in [0.3, 0.4) is 0 Å². The molecule has 2 atom stereocenters. The summed E-state index contributed by atoms with van der Waals surface area (Å²) < 4.78 is 11.5.